The number of primary amides is 1. The molecule has 0 radical (unpaired) electrons. The zero-order chi connectivity index (χ0) is 16.8. The predicted octanol–water partition coefficient (Wildman–Crippen LogP) is 3.45. The van der Waals surface area contributed by atoms with E-state index in [0.29, 0.717) is 22.9 Å². The van der Waals surface area contributed by atoms with Gasteiger partial charge in [-0.15, -0.1) is 11.3 Å². The number of thiophene rings is 1. The molecule has 3 N–H and O–H groups in total. The Hall–Kier alpha value is -2.07. The van der Waals surface area contributed by atoms with E-state index in [9.17, 15) is 9.18 Å². The third-order valence-corrected chi connectivity index (χ3v) is 4.54. The lowest BCUT2D eigenvalue weighted by atomic mass is 10.1. The molecule has 1 aromatic carbocycles. The average molecular weight is 353 g/mol. The van der Waals surface area contributed by atoms with Crippen molar-refractivity contribution in [2.45, 2.75) is 12.8 Å². The van der Waals surface area contributed by atoms with Gasteiger partial charge in [0, 0.05) is 22.6 Å². The molecule has 0 unspecified atom stereocenters. The molecule has 2 amide bonds. The molecule has 0 spiro atoms. The monoisotopic (exact) mass is 352 g/mol. The van der Waals surface area contributed by atoms with E-state index in [0.717, 1.165) is 15.3 Å². The van der Waals surface area contributed by atoms with E-state index in [1.54, 1.807) is 12.1 Å². The van der Waals surface area contributed by atoms with Crippen LogP contribution in [-0.2, 0) is 12.8 Å². The zero-order valence-corrected chi connectivity index (χ0v) is 13.6. The number of carbonyl (C=O) groups excluding carboxylic acids is 1. The zero-order valence-electron chi connectivity index (χ0n) is 12.1. The summed E-state index contributed by atoms with van der Waals surface area (Å²) in [6, 6.07) is 7.25. The van der Waals surface area contributed by atoms with Crippen molar-refractivity contribution in [3.05, 3.63) is 56.5 Å². The van der Waals surface area contributed by atoms with Crippen molar-refractivity contribution >= 4 is 29.0 Å². The number of halogens is 2. The van der Waals surface area contributed by atoms with Crippen LogP contribution in [0.2, 0.25) is 5.02 Å². The van der Waals surface area contributed by atoms with Gasteiger partial charge in [0.25, 0.3) is 0 Å². The van der Waals surface area contributed by atoms with Gasteiger partial charge >= 0.3 is 6.03 Å². The summed E-state index contributed by atoms with van der Waals surface area (Å²) in [5, 5.41) is 10.0. The molecule has 1 aromatic heterocycles. The summed E-state index contributed by atoms with van der Waals surface area (Å²) >= 11 is 7.70. The van der Waals surface area contributed by atoms with E-state index < -0.39 is 6.03 Å². The van der Waals surface area contributed by atoms with Crippen LogP contribution in [-0.4, -0.2) is 22.8 Å². The van der Waals surface area contributed by atoms with Crippen LogP contribution in [0.3, 0.4) is 0 Å². The van der Waals surface area contributed by atoms with E-state index >= 15 is 0 Å². The van der Waals surface area contributed by atoms with E-state index in [2.05, 4.69) is 11.8 Å². The lowest BCUT2D eigenvalue weighted by Crippen LogP contribution is -2.32. The van der Waals surface area contributed by atoms with Crippen molar-refractivity contribution in [2.24, 2.45) is 5.73 Å². The maximum atomic E-state index is 12.9. The first-order valence-electron chi connectivity index (χ1n) is 6.69. The number of benzene rings is 1. The lowest BCUT2D eigenvalue weighted by molar-refractivity contribution is -0.0269. The summed E-state index contributed by atoms with van der Waals surface area (Å²) in [4.78, 5) is 12.6. The molecule has 23 heavy (non-hydrogen) atoms. The van der Waals surface area contributed by atoms with Crippen molar-refractivity contribution in [1.82, 2.24) is 5.06 Å². The van der Waals surface area contributed by atoms with Gasteiger partial charge in [-0.2, -0.15) is 5.06 Å². The molecule has 7 heteroatoms. The minimum atomic E-state index is -0.949. The molecule has 0 saturated heterocycles. The second-order valence-corrected chi connectivity index (χ2v) is 6.34. The molecule has 0 aliphatic heterocycles. The highest BCUT2D eigenvalue weighted by atomic mass is 35.5. The molecule has 120 valence electrons. The summed E-state index contributed by atoms with van der Waals surface area (Å²) in [5.41, 5.74) is 5.87. The van der Waals surface area contributed by atoms with Crippen LogP contribution in [0.25, 0.3) is 0 Å². The van der Waals surface area contributed by atoms with Gasteiger partial charge in [-0.1, -0.05) is 35.6 Å². The highest BCUT2D eigenvalue weighted by Crippen LogP contribution is 2.29. The molecular weight excluding hydrogens is 339 g/mol. The van der Waals surface area contributed by atoms with Gasteiger partial charge in [0.1, 0.15) is 12.4 Å². The number of amides is 2. The van der Waals surface area contributed by atoms with Crippen molar-refractivity contribution in [2.75, 3.05) is 6.54 Å². The number of hydroxylamine groups is 2. The number of hydrogen-bond donors (Lipinski definition) is 2. The van der Waals surface area contributed by atoms with Crippen molar-refractivity contribution in [3.8, 4) is 11.8 Å². The van der Waals surface area contributed by atoms with Gasteiger partial charge < -0.3 is 5.73 Å². The first-order valence-corrected chi connectivity index (χ1v) is 7.88. The smallest absolute Gasteiger partial charge is 0.339 e. The molecule has 0 aliphatic rings. The van der Waals surface area contributed by atoms with Gasteiger partial charge in [-0.25, -0.2) is 9.18 Å². The summed E-state index contributed by atoms with van der Waals surface area (Å²) in [5.74, 6) is 5.21. The number of nitrogens with two attached hydrogens (primary N) is 1. The molecule has 0 bridgehead atoms. The average Bonchev–Trinajstić information content (AvgIpc) is 2.85. The van der Waals surface area contributed by atoms with Gasteiger partial charge in [0.2, 0.25) is 0 Å². The normalized spacial score (nSPS) is 10.0. The maximum absolute atomic E-state index is 12.9. The van der Waals surface area contributed by atoms with Crippen molar-refractivity contribution < 1.29 is 14.4 Å². The van der Waals surface area contributed by atoms with Crippen LogP contribution >= 0.6 is 22.9 Å². The molecule has 2 rings (SSSR count). The first kappa shape index (κ1) is 17.3. The highest BCUT2D eigenvalue weighted by molar-refractivity contribution is 7.12. The molecular formula is C16H14ClFN2O2S. The number of rotatable bonds is 4. The minimum absolute atomic E-state index is 0.152. The number of nitrogens with zero attached hydrogens (tertiary/aromatic N) is 1. The second-order valence-electron chi connectivity index (χ2n) is 4.71. The van der Waals surface area contributed by atoms with Gasteiger partial charge in [-0.3, -0.25) is 5.21 Å². The molecule has 0 fully saturated rings. The van der Waals surface area contributed by atoms with Crippen LogP contribution in [0.1, 0.15) is 15.3 Å². The Balaban J connectivity index is 1.97. The Bertz CT molecular complexity index is 750. The van der Waals surface area contributed by atoms with E-state index in [-0.39, 0.29) is 12.4 Å². The fourth-order valence-electron chi connectivity index (χ4n) is 1.82. The lowest BCUT2D eigenvalue weighted by Gasteiger charge is -2.05. The Morgan fingerprint density at radius 3 is 2.70 bits per heavy atom. The summed E-state index contributed by atoms with van der Waals surface area (Å²) in [7, 11) is 0. The summed E-state index contributed by atoms with van der Waals surface area (Å²) < 4.78 is 12.9. The Morgan fingerprint density at radius 2 is 2.04 bits per heavy atom. The van der Waals surface area contributed by atoms with Crippen LogP contribution < -0.4 is 5.73 Å². The first-order chi connectivity index (χ1) is 11.0. The summed E-state index contributed by atoms with van der Waals surface area (Å²) in [6.45, 7) is -0.152. The third-order valence-electron chi connectivity index (χ3n) is 2.96. The summed E-state index contributed by atoms with van der Waals surface area (Å²) in [6.07, 6.45) is 1.09. The topological polar surface area (TPSA) is 66.6 Å². The highest BCUT2D eigenvalue weighted by Gasteiger charge is 2.07. The Kier molecular flexibility index (Phi) is 5.99. The largest absolute Gasteiger partial charge is 0.350 e. The number of hydrogen-bond acceptors (Lipinski definition) is 3. The number of urea groups is 1. The van der Waals surface area contributed by atoms with E-state index in [1.165, 1.54) is 23.5 Å². The molecule has 0 saturated carbocycles. The van der Waals surface area contributed by atoms with Crippen molar-refractivity contribution in [1.29, 1.82) is 0 Å². The van der Waals surface area contributed by atoms with Gasteiger partial charge in [-0.05, 0) is 23.8 Å². The SMILES string of the molecule is NC(=O)N(O)CC#CCc1sc(Cc2ccc(F)cc2)cc1Cl. The molecule has 4 nitrogen and oxygen atoms in total. The van der Waals surface area contributed by atoms with Crippen LogP contribution in [0.5, 0.6) is 0 Å². The van der Waals surface area contributed by atoms with E-state index in [4.69, 9.17) is 22.5 Å². The van der Waals surface area contributed by atoms with Crippen LogP contribution in [0, 0.1) is 17.7 Å². The third kappa shape index (κ3) is 5.25. The fourth-order valence-corrected chi connectivity index (χ4v) is 3.23. The minimum Gasteiger partial charge on any atom is -0.350 e. The van der Waals surface area contributed by atoms with Gasteiger partial charge in [0.15, 0.2) is 0 Å². The maximum Gasteiger partial charge on any atom is 0.339 e. The standard InChI is InChI=1S/C16H14ClFN2O2S/c17-14-10-13(9-11-4-6-12(18)7-5-11)23-15(14)3-1-2-8-20(22)16(19)21/h4-7,10,22H,3,8-9H2,(H2,19,21). The molecule has 0 atom stereocenters. The van der Waals surface area contributed by atoms with Gasteiger partial charge in [0.05, 0.1) is 5.02 Å². The van der Waals surface area contributed by atoms with Crippen LogP contribution in [0.15, 0.2) is 30.3 Å². The second kappa shape index (κ2) is 7.97. The van der Waals surface area contributed by atoms with Crippen molar-refractivity contribution in [3.63, 3.8) is 0 Å². The van der Waals surface area contributed by atoms with Crippen LogP contribution in [0.4, 0.5) is 9.18 Å². The molecule has 2 aromatic rings. The quantitative estimate of drug-likeness (QED) is 0.503. The Labute approximate surface area is 142 Å². The molecule has 1 heterocycles. The molecule has 0 aliphatic carbocycles. The predicted molar refractivity (Wildman–Crippen MR) is 88.1 cm³/mol. The Morgan fingerprint density at radius 1 is 1.35 bits per heavy atom. The fraction of sp³-hybridized carbons (Fsp3) is 0.188. The van der Waals surface area contributed by atoms with E-state index in [1.807, 2.05) is 6.07 Å². The number of carbonyl (C=O) groups is 1.